The molecular weight excluding hydrogens is 310 g/mol. The fourth-order valence-electron chi connectivity index (χ4n) is 3.01. The van der Waals surface area contributed by atoms with Crippen molar-refractivity contribution in [1.82, 2.24) is 15.3 Å². The molecule has 130 valence electrons. The smallest absolute Gasteiger partial charge is 0.220 e. The largest absolute Gasteiger partial charge is 0.346 e. The van der Waals surface area contributed by atoms with Crippen LogP contribution in [0.15, 0.2) is 54.6 Å². The summed E-state index contributed by atoms with van der Waals surface area (Å²) in [6.07, 6.45) is 2.30. The SMILES string of the molecule is CC(C)C(NC(=O)CCCc1ccccc1)c1nc2ccccc2[nH]1. The highest BCUT2D eigenvalue weighted by Crippen LogP contribution is 2.22. The summed E-state index contributed by atoms with van der Waals surface area (Å²) in [5.41, 5.74) is 3.20. The second-order valence-electron chi connectivity index (χ2n) is 6.77. The van der Waals surface area contributed by atoms with Crippen LogP contribution in [0.2, 0.25) is 0 Å². The van der Waals surface area contributed by atoms with E-state index in [0.29, 0.717) is 6.42 Å². The van der Waals surface area contributed by atoms with E-state index in [9.17, 15) is 4.79 Å². The van der Waals surface area contributed by atoms with Gasteiger partial charge in [-0.3, -0.25) is 4.79 Å². The van der Waals surface area contributed by atoms with E-state index in [1.54, 1.807) is 0 Å². The van der Waals surface area contributed by atoms with Gasteiger partial charge in [0, 0.05) is 6.42 Å². The summed E-state index contributed by atoms with van der Waals surface area (Å²) in [6, 6.07) is 18.1. The summed E-state index contributed by atoms with van der Waals surface area (Å²) < 4.78 is 0. The van der Waals surface area contributed by atoms with Crippen LogP contribution in [0.3, 0.4) is 0 Å². The summed E-state index contributed by atoms with van der Waals surface area (Å²) in [5, 5.41) is 3.15. The molecule has 0 saturated carbocycles. The topological polar surface area (TPSA) is 57.8 Å². The molecule has 1 aromatic heterocycles. The molecule has 1 atom stereocenters. The van der Waals surface area contributed by atoms with Crippen LogP contribution >= 0.6 is 0 Å². The number of nitrogens with one attached hydrogen (secondary N) is 2. The zero-order valence-corrected chi connectivity index (χ0v) is 14.8. The van der Waals surface area contributed by atoms with Crippen molar-refractivity contribution >= 4 is 16.9 Å². The highest BCUT2D eigenvalue weighted by molar-refractivity contribution is 5.77. The number of benzene rings is 2. The number of rotatable bonds is 7. The van der Waals surface area contributed by atoms with Crippen LogP contribution in [0.1, 0.15) is 44.1 Å². The average molecular weight is 335 g/mol. The summed E-state index contributed by atoms with van der Waals surface area (Å²) in [7, 11) is 0. The monoisotopic (exact) mass is 335 g/mol. The van der Waals surface area contributed by atoms with E-state index >= 15 is 0 Å². The van der Waals surface area contributed by atoms with Crippen molar-refractivity contribution in [3.05, 3.63) is 66.0 Å². The molecule has 0 spiro atoms. The molecule has 0 radical (unpaired) electrons. The van der Waals surface area contributed by atoms with Crippen molar-refractivity contribution in [2.75, 3.05) is 0 Å². The Bertz CT molecular complexity index is 790. The number of nitrogens with zero attached hydrogens (tertiary/aromatic N) is 1. The number of H-pyrrole nitrogens is 1. The first-order valence-corrected chi connectivity index (χ1v) is 8.91. The van der Waals surface area contributed by atoms with Gasteiger partial charge in [0.25, 0.3) is 0 Å². The van der Waals surface area contributed by atoms with Gasteiger partial charge in [-0.15, -0.1) is 0 Å². The summed E-state index contributed by atoms with van der Waals surface area (Å²) in [4.78, 5) is 20.4. The number of hydrogen-bond donors (Lipinski definition) is 2. The molecular formula is C21H25N3O. The second kappa shape index (κ2) is 7.97. The molecule has 0 bridgehead atoms. The Labute approximate surface area is 148 Å². The van der Waals surface area contributed by atoms with Gasteiger partial charge in [0.1, 0.15) is 5.82 Å². The standard InChI is InChI=1S/C21H25N3O/c1-15(2)20(21-22-17-12-6-7-13-18(17)23-21)24-19(25)14-8-11-16-9-4-3-5-10-16/h3-7,9-10,12-13,15,20H,8,11,14H2,1-2H3,(H,22,23)(H,24,25). The molecule has 4 heteroatoms. The molecule has 4 nitrogen and oxygen atoms in total. The predicted octanol–water partition coefficient (Wildman–Crippen LogP) is 4.40. The van der Waals surface area contributed by atoms with Crippen LogP contribution in [-0.2, 0) is 11.2 Å². The third-order valence-corrected chi connectivity index (χ3v) is 4.40. The Morgan fingerprint density at radius 2 is 1.80 bits per heavy atom. The van der Waals surface area contributed by atoms with E-state index in [-0.39, 0.29) is 17.9 Å². The highest BCUT2D eigenvalue weighted by Gasteiger charge is 2.21. The second-order valence-corrected chi connectivity index (χ2v) is 6.77. The van der Waals surface area contributed by atoms with Gasteiger partial charge in [0.2, 0.25) is 5.91 Å². The zero-order valence-electron chi connectivity index (χ0n) is 14.8. The molecule has 25 heavy (non-hydrogen) atoms. The van der Waals surface area contributed by atoms with Gasteiger partial charge >= 0.3 is 0 Å². The Balaban J connectivity index is 1.60. The Kier molecular flexibility index (Phi) is 5.49. The van der Waals surface area contributed by atoms with E-state index < -0.39 is 0 Å². The van der Waals surface area contributed by atoms with Crippen molar-refractivity contribution in [3.63, 3.8) is 0 Å². The van der Waals surface area contributed by atoms with Gasteiger partial charge in [0.15, 0.2) is 0 Å². The number of carbonyl (C=O) groups is 1. The Morgan fingerprint density at radius 3 is 2.52 bits per heavy atom. The number of aromatic nitrogens is 2. The summed E-state index contributed by atoms with van der Waals surface area (Å²) >= 11 is 0. The molecule has 1 unspecified atom stereocenters. The van der Waals surface area contributed by atoms with Crippen molar-refractivity contribution in [2.45, 2.75) is 39.2 Å². The molecule has 1 amide bonds. The normalized spacial score (nSPS) is 12.4. The quantitative estimate of drug-likeness (QED) is 0.672. The average Bonchev–Trinajstić information content (AvgIpc) is 3.04. The van der Waals surface area contributed by atoms with Crippen LogP contribution in [0.5, 0.6) is 0 Å². The fraction of sp³-hybridized carbons (Fsp3) is 0.333. The minimum absolute atomic E-state index is 0.0788. The lowest BCUT2D eigenvalue weighted by molar-refractivity contribution is -0.122. The minimum Gasteiger partial charge on any atom is -0.346 e. The fourth-order valence-corrected chi connectivity index (χ4v) is 3.01. The van der Waals surface area contributed by atoms with Gasteiger partial charge in [-0.2, -0.15) is 0 Å². The Morgan fingerprint density at radius 1 is 1.08 bits per heavy atom. The van der Waals surface area contributed by atoms with Crippen LogP contribution in [0.4, 0.5) is 0 Å². The maximum Gasteiger partial charge on any atom is 0.220 e. The van der Waals surface area contributed by atoms with E-state index in [1.807, 2.05) is 42.5 Å². The van der Waals surface area contributed by atoms with Gasteiger partial charge in [0.05, 0.1) is 17.1 Å². The van der Waals surface area contributed by atoms with Crippen LogP contribution in [-0.4, -0.2) is 15.9 Å². The number of aromatic amines is 1. The number of para-hydroxylation sites is 2. The molecule has 2 aromatic carbocycles. The van der Waals surface area contributed by atoms with Crippen LogP contribution in [0, 0.1) is 5.92 Å². The minimum atomic E-state index is -0.100. The maximum absolute atomic E-state index is 12.4. The molecule has 1 heterocycles. The lowest BCUT2D eigenvalue weighted by atomic mass is 10.0. The van der Waals surface area contributed by atoms with Gasteiger partial charge in [-0.1, -0.05) is 56.3 Å². The maximum atomic E-state index is 12.4. The van der Waals surface area contributed by atoms with Crippen LogP contribution < -0.4 is 5.32 Å². The van der Waals surface area contributed by atoms with Crippen LogP contribution in [0.25, 0.3) is 11.0 Å². The first-order valence-electron chi connectivity index (χ1n) is 8.91. The zero-order chi connectivity index (χ0) is 17.6. The third kappa shape index (κ3) is 4.47. The number of fused-ring (bicyclic) bond motifs is 1. The molecule has 0 aliphatic heterocycles. The van der Waals surface area contributed by atoms with E-state index in [2.05, 4.69) is 41.3 Å². The molecule has 0 saturated heterocycles. The first kappa shape index (κ1) is 17.2. The van der Waals surface area contributed by atoms with Gasteiger partial charge in [-0.05, 0) is 36.5 Å². The van der Waals surface area contributed by atoms with Crippen molar-refractivity contribution in [2.24, 2.45) is 5.92 Å². The molecule has 0 aliphatic carbocycles. The van der Waals surface area contributed by atoms with Gasteiger partial charge < -0.3 is 10.3 Å². The number of carbonyl (C=O) groups excluding carboxylic acids is 1. The molecule has 0 fully saturated rings. The van der Waals surface area contributed by atoms with E-state index in [0.717, 1.165) is 29.7 Å². The predicted molar refractivity (Wildman–Crippen MR) is 101 cm³/mol. The molecule has 3 aromatic rings. The summed E-state index contributed by atoms with van der Waals surface area (Å²) in [5.74, 6) is 1.17. The summed E-state index contributed by atoms with van der Waals surface area (Å²) in [6.45, 7) is 4.20. The molecule has 3 rings (SSSR count). The number of amides is 1. The highest BCUT2D eigenvalue weighted by atomic mass is 16.1. The van der Waals surface area contributed by atoms with Crippen molar-refractivity contribution in [3.8, 4) is 0 Å². The van der Waals surface area contributed by atoms with Gasteiger partial charge in [-0.25, -0.2) is 4.98 Å². The Hall–Kier alpha value is -2.62. The number of hydrogen-bond acceptors (Lipinski definition) is 2. The molecule has 2 N–H and O–H groups in total. The molecule has 0 aliphatic rings. The van der Waals surface area contributed by atoms with Crippen molar-refractivity contribution in [1.29, 1.82) is 0 Å². The first-order chi connectivity index (χ1) is 12.1. The third-order valence-electron chi connectivity index (χ3n) is 4.40. The number of imidazole rings is 1. The number of aryl methyl sites for hydroxylation is 1. The lowest BCUT2D eigenvalue weighted by Gasteiger charge is -2.20. The lowest BCUT2D eigenvalue weighted by Crippen LogP contribution is -2.32. The van der Waals surface area contributed by atoms with E-state index in [4.69, 9.17) is 0 Å². The van der Waals surface area contributed by atoms with E-state index in [1.165, 1.54) is 5.56 Å². The van der Waals surface area contributed by atoms with Crippen molar-refractivity contribution < 1.29 is 4.79 Å².